The van der Waals surface area contributed by atoms with Crippen molar-refractivity contribution in [1.82, 2.24) is 10.2 Å². The molecule has 1 atom stereocenters. The van der Waals surface area contributed by atoms with Crippen LogP contribution in [0.5, 0.6) is 5.75 Å². The van der Waals surface area contributed by atoms with Gasteiger partial charge in [-0.25, -0.2) is 0 Å². The van der Waals surface area contributed by atoms with Crippen LogP contribution in [0.1, 0.15) is 29.8 Å². The van der Waals surface area contributed by atoms with E-state index in [1.54, 1.807) is 43.3 Å². The number of carbonyl (C=O) groups excluding carboxylic acids is 2. The molecule has 3 aromatic carbocycles. The highest BCUT2D eigenvalue weighted by atomic mass is 35.5. The molecule has 0 radical (unpaired) electrons. The Morgan fingerprint density at radius 3 is 2.39 bits per heavy atom. The van der Waals surface area contributed by atoms with Gasteiger partial charge in [0.15, 0.2) is 0 Å². The van der Waals surface area contributed by atoms with E-state index in [1.165, 1.54) is 0 Å². The SMILES string of the molecule is COc1ccc2cc(CN(C)C(=O)[C@H](NC(=O)c3ccccc3Cl)C(C)C)ccc2c1. The molecule has 3 rings (SSSR count). The molecule has 0 aromatic heterocycles. The molecule has 0 saturated heterocycles. The second kappa shape index (κ2) is 9.84. The standard InChI is InChI=1S/C25H27ClN2O3/c1-16(2)23(27-24(29)21-7-5-6-8-22(21)26)25(30)28(3)15-17-9-10-19-14-20(31-4)12-11-18(19)13-17/h5-14,16,23H,15H2,1-4H3,(H,27,29)/t23-/m1/s1. The lowest BCUT2D eigenvalue weighted by Crippen LogP contribution is -2.50. The highest BCUT2D eigenvalue weighted by Crippen LogP contribution is 2.23. The molecule has 0 fully saturated rings. The molecule has 5 nitrogen and oxygen atoms in total. The Morgan fingerprint density at radius 1 is 1.03 bits per heavy atom. The molecule has 1 N–H and O–H groups in total. The number of hydrogen-bond donors (Lipinski definition) is 1. The molecule has 0 spiro atoms. The lowest BCUT2D eigenvalue weighted by atomic mass is 10.0. The van der Waals surface area contributed by atoms with Gasteiger partial charge in [-0.3, -0.25) is 9.59 Å². The Bertz CT molecular complexity index is 1100. The average Bonchev–Trinajstić information content (AvgIpc) is 2.76. The summed E-state index contributed by atoms with van der Waals surface area (Å²) in [5.41, 5.74) is 1.36. The number of fused-ring (bicyclic) bond motifs is 1. The Balaban J connectivity index is 1.73. The quantitative estimate of drug-likeness (QED) is 0.569. The third-order valence-corrected chi connectivity index (χ3v) is 5.58. The summed E-state index contributed by atoms with van der Waals surface area (Å²) in [4.78, 5) is 27.5. The molecular formula is C25H27ClN2O3. The number of likely N-dealkylation sites (N-methyl/N-ethyl adjacent to an activating group) is 1. The Kier molecular flexibility index (Phi) is 7.18. The maximum Gasteiger partial charge on any atom is 0.253 e. The van der Waals surface area contributed by atoms with Crippen LogP contribution in [0.4, 0.5) is 0 Å². The van der Waals surface area contributed by atoms with Crippen molar-refractivity contribution in [2.24, 2.45) is 5.92 Å². The number of amides is 2. The lowest BCUT2D eigenvalue weighted by Gasteiger charge is -2.27. The van der Waals surface area contributed by atoms with Crippen molar-refractivity contribution in [3.8, 4) is 5.75 Å². The highest BCUT2D eigenvalue weighted by Gasteiger charge is 2.28. The van der Waals surface area contributed by atoms with Gasteiger partial charge in [0.05, 0.1) is 17.7 Å². The summed E-state index contributed by atoms with van der Waals surface area (Å²) in [5, 5.41) is 5.36. The first-order valence-corrected chi connectivity index (χ1v) is 10.5. The molecular weight excluding hydrogens is 412 g/mol. The third-order valence-electron chi connectivity index (χ3n) is 5.25. The zero-order chi connectivity index (χ0) is 22.5. The maximum atomic E-state index is 13.1. The number of ether oxygens (including phenoxy) is 1. The fourth-order valence-electron chi connectivity index (χ4n) is 3.47. The van der Waals surface area contributed by atoms with Crippen LogP contribution in [0.3, 0.4) is 0 Å². The summed E-state index contributed by atoms with van der Waals surface area (Å²) in [7, 11) is 3.39. The number of nitrogens with one attached hydrogen (secondary N) is 1. The number of halogens is 1. The number of carbonyl (C=O) groups is 2. The largest absolute Gasteiger partial charge is 0.497 e. The van der Waals surface area contributed by atoms with E-state index in [2.05, 4.69) is 11.4 Å². The summed E-state index contributed by atoms with van der Waals surface area (Å²) in [6.07, 6.45) is 0. The van der Waals surface area contributed by atoms with Crippen LogP contribution in [0.25, 0.3) is 10.8 Å². The molecule has 0 aliphatic carbocycles. The van der Waals surface area contributed by atoms with E-state index >= 15 is 0 Å². The van der Waals surface area contributed by atoms with E-state index in [9.17, 15) is 9.59 Å². The molecule has 0 unspecified atom stereocenters. The van der Waals surface area contributed by atoms with Gasteiger partial charge >= 0.3 is 0 Å². The van der Waals surface area contributed by atoms with Crippen LogP contribution >= 0.6 is 11.6 Å². The minimum atomic E-state index is -0.654. The van der Waals surface area contributed by atoms with E-state index in [-0.39, 0.29) is 17.7 Å². The van der Waals surface area contributed by atoms with Gasteiger partial charge in [-0.05, 0) is 52.6 Å². The van der Waals surface area contributed by atoms with Gasteiger partial charge in [0, 0.05) is 13.6 Å². The highest BCUT2D eigenvalue weighted by molar-refractivity contribution is 6.33. The molecule has 31 heavy (non-hydrogen) atoms. The summed E-state index contributed by atoms with van der Waals surface area (Å²) in [6.45, 7) is 4.26. The van der Waals surface area contributed by atoms with Gasteiger partial charge < -0.3 is 15.0 Å². The topological polar surface area (TPSA) is 58.6 Å². The number of methoxy groups -OCH3 is 1. The summed E-state index contributed by atoms with van der Waals surface area (Å²) >= 11 is 6.13. The fourth-order valence-corrected chi connectivity index (χ4v) is 3.69. The first kappa shape index (κ1) is 22.6. The van der Waals surface area contributed by atoms with Gasteiger partial charge in [0.2, 0.25) is 5.91 Å². The first-order chi connectivity index (χ1) is 14.8. The maximum absolute atomic E-state index is 13.1. The van der Waals surface area contributed by atoms with Crippen molar-refractivity contribution in [3.63, 3.8) is 0 Å². The van der Waals surface area contributed by atoms with E-state index in [1.807, 2.05) is 44.2 Å². The predicted molar refractivity (Wildman–Crippen MR) is 125 cm³/mol. The van der Waals surface area contributed by atoms with E-state index < -0.39 is 6.04 Å². The van der Waals surface area contributed by atoms with Crippen LogP contribution in [0.2, 0.25) is 5.02 Å². The third kappa shape index (κ3) is 5.36. The smallest absolute Gasteiger partial charge is 0.253 e. The fraction of sp³-hybridized carbons (Fsp3) is 0.280. The molecule has 0 aliphatic rings. The van der Waals surface area contributed by atoms with Crippen molar-refractivity contribution in [2.45, 2.75) is 26.4 Å². The first-order valence-electron chi connectivity index (χ1n) is 10.2. The predicted octanol–water partition coefficient (Wildman–Crippen LogP) is 4.91. The minimum absolute atomic E-state index is 0.0783. The van der Waals surface area contributed by atoms with Crippen molar-refractivity contribution in [2.75, 3.05) is 14.2 Å². The molecule has 0 heterocycles. The second-order valence-corrected chi connectivity index (χ2v) is 8.32. The summed E-state index contributed by atoms with van der Waals surface area (Å²) in [5.74, 6) is 0.225. The van der Waals surface area contributed by atoms with Crippen LogP contribution in [0.15, 0.2) is 60.7 Å². The molecule has 0 saturated carbocycles. The van der Waals surface area contributed by atoms with Crippen LogP contribution in [0, 0.1) is 5.92 Å². The lowest BCUT2D eigenvalue weighted by molar-refractivity contribution is -0.133. The Morgan fingerprint density at radius 2 is 1.71 bits per heavy atom. The zero-order valence-electron chi connectivity index (χ0n) is 18.2. The average molecular weight is 439 g/mol. The monoisotopic (exact) mass is 438 g/mol. The molecule has 0 aliphatic heterocycles. The van der Waals surface area contributed by atoms with Crippen molar-refractivity contribution < 1.29 is 14.3 Å². The normalized spacial score (nSPS) is 11.9. The van der Waals surface area contributed by atoms with Gasteiger partial charge in [-0.1, -0.05) is 55.8 Å². The molecule has 6 heteroatoms. The van der Waals surface area contributed by atoms with Gasteiger partial charge in [-0.15, -0.1) is 0 Å². The minimum Gasteiger partial charge on any atom is -0.497 e. The van der Waals surface area contributed by atoms with Crippen molar-refractivity contribution >= 4 is 34.2 Å². The van der Waals surface area contributed by atoms with Crippen molar-refractivity contribution in [3.05, 3.63) is 76.8 Å². The summed E-state index contributed by atoms with van der Waals surface area (Å²) in [6, 6.07) is 18.1. The number of benzene rings is 3. The van der Waals surface area contributed by atoms with Gasteiger partial charge in [0.25, 0.3) is 5.91 Å². The zero-order valence-corrected chi connectivity index (χ0v) is 18.9. The Labute approximate surface area is 188 Å². The van der Waals surface area contributed by atoms with Crippen LogP contribution < -0.4 is 10.1 Å². The van der Waals surface area contributed by atoms with Crippen LogP contribution in [-0.2, 0) is 11.3 Å². The number of rotatable bonds is 7. The summed E-state index contributed by atoms with van der Waals surface area (Å²) < 4.78 is 5.27. The van der Waals surface area contributed by atoms with Crippen molar-refractivity contribution in [1.29, 1.82) is 0 Å². The van der Waals surface area contributed by atoms with Gasteiger partial charge in [0.1, 0.15) is 11.8 Å². The molecule has 0 bridgehead atoms. The molecule has 3 aromatic rings. The molecule has 162 valence electrons. The molecule has 2 amide bonds. The second-order valence-electron chi connectivity index (χ2n) is 7.92. The van der Waals surface area contributed by atoms with Gasteiger partial charge in [-0.2, -0.15) is 0 Å². The van der Waals surface area contributed by atoms with E-state index in [4.69, 9.17) is 16.3 Å². The van der Waals surface area contributed by atoms with E-state index in [0.29, 0.717) is 17.1 Å². The number of hydrogen-bond acceptors (Lipinski definition) is 3. The van der Waals surface area contributed by atoms with Crippen LogP contribution in [-0.4, -0.2) is 36.9 Å². The Hall–Kier alpha value is -3.05. The van der Waals surface area contributed by atoms with E-state index in [0.717, 1.165) is 22.1 Å². The number of nitrogens with zero attached hydrogens (tertiary/aromatic N) is 1.